The predicted octanol–water partition coefficient (Wildman–Crippen LogP) is 4.09. The second-order valence-electron chi connectivity index (χ2n) is 5.68. The topological polar surface area (TPSA) is 38.9 Å². The van der Waals surface area contributed by atoms with Crippen molar-refractivity contribution in [2.75, 3.05) is 0 Å². The Morgan fingerprint density at radius 2 is 1.81 bits per heavy atom. The summed E-state index contributed by atoms with van der Waals surface area (Å²) in [5.41, 5.74) is 12.1. The summed E-state index contributed by atoms with van der Waals surface area (Å²) in [6, 6.07) is 18.8. The lowest BCUT2D eigenvalue weighted by atomic mass is 10.00. The van der Waals surface area contributed by atoms with Crippen LogP contribution in [0.2, 0.25) is 0 Å². The molecule has 0 radical (unpaired) electrons. The van der Waals surface area contributed by atoms with Crippen LogP contribution >= 0.6 is 0 Å². The van der Waals surface area contributed by atoms with Gasteiger partial charge in [-0.2, -0.15) is 0 Å². The number of aromatic nitrogens is 1. The van der Waals surface area contributed by atoms with Crippen molar-refractivity contribution >= 4 is 10.9 Å². The molecule has 1 unspecified atom stereocenters. The highest BCUT2D eigenvalue weighted by atomic mass is 14.8. The van der Waals surface area contributed by atoms with E-state index in [2.05, 4.69) is 50.2 Å². The average molecular weight is 276 g/mol. The molecule has 106 valence electrons. The molecule has 0 saturated carbocycles. The van der Waals surface area contributed by atoms with Gasteiger partial charge in [-0.3, -0.25) is 4.98 Å². The van der Waals surface area contributed by atoms with Crippen LogP contribution in [0.3, 0.4) is 0 Å². The maximum atomic E-state index is 6.37. The van der Waals surface area contributed by atoms with Gasteiger partial charge >= 0.3 is 0 Å². The summed E-state index contributed by atoms with van der Waals surface area (Å²) < 4.78 is 0. The molecule has 0 aliphatic heterocycles. The van der Waals surface area contributed by atoms with Crippen molar-refractivity contribution in [3.8, 4) is 0 Å². The molecule has 0 saturated heterocycles. The molecule has 21 heavy (non-hydrogen) atoms. The summed E-state index contributed by atoms with van der Waals surface area (Å²) in [7, 11) is 0. The zero-order valence-electron chi connectivity index (χ0n) is 12.5. The second kappa shape index (κ2) is 5.66. The molecule has 0 fully saturated rings. The molecule has 2 nitrogen and oxygen atoms in total. The normalized spacial score (nSPS) is 12.5. The number of fused-ring (bicyclic) bond motifs is 1. The van der Waals surface area contributed by atoms with E-state index in [1.807, 2.05) is 18.2 Å². The fourth-order valence-electron chi connectivity index (χ4n) is 2.76. The van der Waals surface area contributed by atoms with Gasteiger partial charge in [0.2, 0.25) is 0 Å². The largest absolute Gasteiger partial charge is 0.322 e. The van der Waals surface area contributed by atoms with E-state index in [0.717, 1.165) is 17.6 Å². The first-order chi connectivity index (χ1) is 10.1. The van der Waals surface area contributed by atoms with Crippen molar-refractivity contribution in [3.05, 3.63) is 77.0 Å². The molecule has 0 aliphatic carbocycles. The van der Waals surface area contributed by atoms with Gasteiger partial charge in [0.05, 0.1) is 17.3 Å². The van der Waals surface area contributed by atoms with Crippen molar-refractivity contribution in [3.63, 3.8) is 0 Å². The van der Waals surface area contributed by atoms with Gasteiger partial charge < -0.3 is 5.73 Å². The summed E-state index contributed by atoms with van der Waals surface area (Å²) in [5.74, 6) is 0. The number of aryl methyl sites for hydroxylation is 2. The standard InChI is InChI=1S/C19H20N2/c1-13-6-5-7-15(10-13)12-17(20)19-11-14(2)16-8-3-4-9-18(16)21-19/h3-11,17H,12,20H2,1-2H3. The van der Waals surface area contributed by atoms with Crippen LogP contribution in [0.1, 0.15) is 28.4 Å². The molecule has 1 atom stereocenters. The van der Waals surface area contributed by atoms with Crippen molar-refractivity contribution in [1.29, 1.82) is 0 Å². The molecular formula is C19H20N2. The van der Waals surface area contributed by atoms with E-state index in [1.54, 1.807) is 0 Å². The Balaban J connectivity index is 1.92. The Hall–Kier alpha value is -2.19. The fraction of sp³-hybridized carbons (Fsp3) is 0.211. The highest BCUT2D eigenvalue weighted by Crippen LogP contribution is 2.22. The molecule has 1 aromatic heterocycles. The van der Waals surface area contributed by atoms with Crippen LogP contribution < -0.4 is 5.73 Å². The lowest BCUT2D eigenvalue weighted by Crippen LogP contribution is -2.15. The number of nitrogens with zero attached hydrogens (tertiary/aromatic N) is 1. The fourth-order valence-corrected chi connectivity index (χ4v) is 2.76. The lowest BCUT2D eigenvalue weighted by molar-refractivity contribution is 0.699. The smallest absolute Gasteiger partial charge is 0.0708 e. The van der Waals surface area contributed by atoms with Crippen molar-refractivity contribution in [2.24, 2.45) is 5.73 Å². The number of benzene rings is 2. The van der Waals surface area contributed by atoms with E-state index < -0.39 is 0 Å². The SMILES string of the molecule is Cc1cccc(CC(N)c2cc(C)c3ccccc3n2)c1. The summed E-state index contributed by atoms with van der Waals surface area (Å²) in [6.45, 7) is 4.22. The van der Waals surface area contributed by atoms with E-state index in [-0.39, 0.29) is 6.04 Å². The minimum Gasteiger partial charge on any atom is -0.322 e. The van der Waals surface area contributed by atoms with Crippen LogP contribution in [0.5, 0.6) is 0 Å². The summed E-state index contributed by atoms with van der Waals surface area (Å²) in [6.07, 6.45) is 0.812. The highest BCUT2D eigenvalue weighted by molar-refractivity contribution is 5.82. The number of hydrogen-bond donors (Lipinski definition) is 1. The third kappa shape index (κ3) is 2.96. The van der Waals surface area contributed by atoms with Gasteiger partial charge in [-0.1, -0.05) is 48.0 Å². The van der Waals surface area contributed by atoms with Gasteiger partial charge in [-0.15, -0.1) is 0 Å². The van der Waals surface area contributed by atoms with Crippen LogP contribution in [-0.4, -0.2) is 4.98 Å². The van der Waals surface area contributed by atoms with Crippen LogP contribution in [0.4, 0.5) is 0 Å². The molecule has 0 spiro atoms. The summed E-state index contributed by atoms with van der Waals surface area (Å²) in [5, 5.41) is 1.20. The first-order valence-electron chi connectivity index (χ1n) is 7.31. The quantitative estimate of drug-likeness (QED) is 0.782. The van der Waals surface area contributed by atoms with E-state index in [0.29, 0.717) is 0 Å². The van der Waals surface area contributed by atoms with Gasteiger partial charge in [0.15, 0.2) is 0 Å². The lowest BCUT2D eigenvalue weighted by Gasteiger charge is -2.14. The van der Waals surface area contributed by atoms with E-state index in [1.165, 1.54) is 22.1 Å². The zero-order valence-corrected chi connectivity index (χ0v) is 12.5. The van der Waals surface area contributed by atoms with E-state index in [4.69, 9.17) is 10.7 Å². The Morgan fingerprint density at radius 1 is 1.00 bits per heavy atom. The maximum absolute atomic E-state index is 6.37. The summed E-state index contributed by atoms with van der Waals surface area (Å²) in [4.78, 5) is 4.73. The van der Waals surface area contributed by atoms with Crippen LogP contribution in [-0.2, 0) is 6.42 Å². The van der Waals surface area contributed by atoms with Crippen LogP contribution in [0.25, 0.3) is 10.9 Å². The third-order valence-electron chi connectivity index (χ3n) is 3.86. The van der Waals surface area contributed by atoms with Crippen LogP contribution in [0, 0.1) is 13.8 Å². The van der Waals surface area contributed by atoms with E-state index in [9.17, 15) is 0 Å². The molecule has 2 aromatic carbocycles. The van der Waals surface area contributed by atoms with Crippen molar-refractivity contribution in [1.82, 2.24) is 4.98 Å². The second-order valence-corrected chi connectivity index (χ2v) is 5.68. The van der Waals surface area contributed by atoms with Gasteiger partial charge in [0, 0.05) is 5.39 Å². The molecule has 0 bridgehead atoms. The maximum Gasteiger partial charge on any atom is 0.0708 e. The Morgan fingerprint density at radius 3 is 2.62 bits per heavy atom. The number of pyridine rings is 1. The van der Waals surface area contributed by atoms with Gasteiger partial charge in [0.25, 0.3) is 0 Å². The highest BCUT2D eigenvalue weighted by Gasteiger charge is 2.11. The summed E-state index contributed by atoms with van der Waals surface area (Å²) >= 11 is 0. The molecule has 0 amide bonds. The van der Waals surface area contributed by atoms with Crippen LogP contribution in [0.15, 0.2) is 54.6 Å². The van der Waals surface area contributed by atoms with Gasteiger partial charge in [-0.05, 0) is 43.5 Å². The molecule has 2 heteroatoms. The number of nitrogens with two attached hydrogens (primary N) is 1. The Labute approximate surface area is 125 Å². The predicted molar refractivity (Wildman–Crippen MR) is 88.3 cm³/mol. The minimum absolute atomic E-state index is 0.0740. The Kier molecular flexibility index (Phi) is 3.72. The number of para-hydroxylation sites is 1. The minimum atomic E-state index is -0.0740. The molecular weight excluding hydrogens is 256 g/mol. The molecule has 1 heterocycles. The third-order valence-corrected chi connectivity index (χ3v) is 3.86. The van der Waals surface area contributed by atoms with Gasteiger partial charge in [-0.25, -0.2) is 0 Å². The first-order valence-corrected chi connectivity index (χ1v) is 7.31. The van der Waals surface area contributed by atoms with E-state index >= 15 is 0 Å². The number of rotatable bonds is 3. The average Bonchev–Trinajstić information content (AvgIpc) is 2.47. The van der Waals surface area contributed by atoms with Crippen molar-refractivity contribution < 1.29 is 0 Å². The Bertz CT molecular complexity index is 777. The molecule has 3 rings (SSSR count). The zero-order chi connectivity index (χ0) is 14.8. The molecule has 0 aliphatic rings. The van der Waals surface area contributed by atoms with Gasteiger partial charge in [0.1, 0.15) is 0 Å². The molecule has 3 aromatic rings. The molecule has 2 N–H and O–H groups in total. The monoisotopic (exact) mass is 276 g/mol. The van der Waals surface area contributed by atoms with Crippen molar-refractivity contribution in [2.45, 2.75) is 26.3 Å². The first kappa shape index (κ1) is 13.8. The number of hydrogen-bond acceptors (Lipinski definition) is 2.